The monoisotopic (exact) mass is 214 g/mol. The molecule has 0 aromatic rings. The maximum absolute atomic E-state index is 11.8. The second kappa shape index (κ2) is 7.69. The van der Waals surface area contributed by atoms with E-state index >= 15 is 0 Å². The molecule has 0 radical (unpaired) electrons. The standard InChI is InChI=1S/C12H26N2O/c1-5-6-10(4)14-12(15)11(8-13)7-9(2)3/h9-11H,5-8,13H2,1-4H3,(H,14,15). The lowest BCUT2D eigenvalue weighted by atomic mass is 9.96. The molecular weight excluding hydrogens is 188 g/mol. The van der Waals surface area contributed by atoms with E-state index in [9.17, 15) is 4.79 Å². The van der Waals surface area contributed by atoms with Crippen LogP contribution in [0.5, 0.6) is 0 Å². The van der Waals surface area contributed by atoms with Crippen LogP contribution in [0, 0.1) is 11.8 Å². The van der Waals surface area contributed by atoms with Gasteiger partial charge < -0.3 is 11.1 Å². The zero-order valence-electron chi connectivity index (χ0n) is 10.5. The van der Waals surface area contributed by atoms with Crippen molar-refractivity contribution >= 4 is 5.91 Å². The van der Waals surface area contributed by atoms with Crippen LogP contribution in [0.25, 0.3) is 0 Å². The largest absolute Gasteiger partial charge is 0.353 e. The molecule has 2 atom stereocenters. The van der Waals surface area contributed by atoms with Crippen molar-refractivity contribution in [2.75, 3.05) is 6.54 Å². The molecule has 3 nitrogen and oxygen atoms in total. The zero-order chi connectivity index (χ0) is 11.8. The smallest absolute Gasteiger partial charge is 0.224 e. The summed E-state index contributed by atoms with van der Waals surface area (Å²) in [6.07, 6.45) is 3.00. The van der Waals surface area contributed by atoms with E-state index in [1.807, 2.05) is 6.92 Å². The number of amides is 1. The van der Waals surface area contributed by atoms with Crippen molar-refractivity contribution in [3.8, 4) is 0 Å². The van der Waals surface area contributed by atoms with Crippen molar-refractivity contribution in [1.82, 2.24) is 5.32 Å². The second-order valence-corrected chi connectivity index (χ2v) is 4.76. The Kier molecular flexibility index (Phi) is 7.39. The van der Waals surface area contributed by atoms with Crippen molar-refractivity contribution in [1.29, 1.82) is 0 Å². The summed E-state index contributed by atoms with van der Waals surface area (Å²) < 4.78 is 0. The molecule has 0 aliphatic heterocycles. The third-order valence-electron chi connectivity index (χ3n) is 2.52. The molecule has 1 amide bonds. The van der Waals surface area contributed by atoms with Gasteiger partial charge >= 0.3 is 0 Å². The maximum atomic E-state index is 11.8. The molecular formula is C12H26N2O. The molecule has 15 heavy (non-hydrogen) atoms. The Balaban J connectivity index is 4.03. The van der Waals surface area contributed by atoms with E-state index in [1.54, 1.807) is 0 Å². The van der Waals surface area contributed by atoms with Crippen LogP contribution >= 0.6 is 0 Å². The third kappa shape index (κ3) is 6.50. The normalized spacial score (nSPS) is 15.1. The van der Waals surface area contributed by atoms with Gasteiger partial charge in [0.25, 0.3) is 0 Å². The first-order valence-electron chi connectivity index (χ1n) is 6.01. The van der Waals surface area contributed by atoms with Crippen molar-refractivity contribution in [3.63, 3.8) is 0 Å². The van der Waals surface area contributed by atoms with Gasteiger partial charge in [0.15, 0.2) is 0 Å². The van der Waals surface area contributed by atoms with Gasteiger partial charge in [0.05, 0.1) is 5.92 Å². The minimum absolute atomic E-state index is 0.0238. The summed E-state index contributed by atoms with van der Waals surface area (Å²) in [5, 5.41) is 3.02. The molecule has 0 bridgehead atoms. The van der Waals surface area contributed by atoms with E-state index in [0.717, 1.165) is 19.3 Å². The average molecular weight is 214 g/mol. The Morgan fingerprint density at radius 3 is 2.33 bits per heavy atom. The first kappa shape index (κ1) is 14.4. The van der Waals surface area contributed by atoms with E-state index in [2.05, 4.69) is 26.1 Å². The third-order valence-corrected chi connectivity index (χ3v) is 2.52. The van der Waals surface area contributed by atoms with E-state index in [-0.39, 0.29) is 17.9 Å². The summed E-state index contributed by atoms with van der Waals surface area (Å²) in [6.45, 7) is 8.85. The van der Waals surface area contributed by atoms with Crippen LogP contribution in [0.15, 0.2) is 0 Å². The first-order chi connectivity index (χ1) is 7.01. The van der Waals surface area contributed by atoms with Crippen LogP contribution in [-0.2, 0) is 4.79 Å². The fraction of sp³-hybridized carbons (Fsp3) is 0.917. The lowest BCUT2D eigenvalue weighted by Gasteiger charge is -2.20. The number of carbonyl (C=O) groups is 1. The lowest BCUT2D eigenvalue weighted by Crippen LogP contribution is -2.40. The van der Waals surface area contributed by atoms with Crippen molar-refractivity contribution in [2.24, 2.45) is 17.6 Å². The molecule has 0 heterocycles. The predicted molar refractivity (Wildman–Crippen MR) is 64.5 cm³/mol. The van der Waals surface area contributed by atoms with E-state index in [0.29, 0.717) is 12.5 Å². The molecule has 2 unspecified atom stereocenters. The molecule has 3 heteroatoms. The van der Waals surface area contributed by atoms with Crippen LogP contribution < -0.4 is 11.1 Å². The Hall–Kier alpha value is -0.570. The number of hydrogen-bond acceptors (Lipinski definition) is 2. The zero-order valence-corrected chi connectivity index (χ0v) is 10.5. The summed E-state index contributed by atoms with van der Waals surface area (Å²) in [4.78, 5) is 11.8. The summed E-state index contributed by atoms with van der Waals surface area (Å²) in [5.74, 6) is 0.613. The topological polar surface area (TPSA) is 55.1 Å². The van der Waals surface area contributed by atoms with E-state index in [1.165, 1.54) is 0 Å². The molecule has 0 aliphatic carbocycles. The fourth-order valence-electron chi connectivity index (χ4n) is 1.75. The molecule has 0 rings (SSSR count). The highest BCUT2D eigenvalue weighted by atomic mass is 16.1. The SMILES string of the molecule is CCCC(C)NC(=O)C(CN)CC(C)C. The molecule has 0 spiro atoms. The molecule has 90 valence electrons. The van der Waals surface area contributed by atoms with Crippen molar-refractivity contribution in [2.45, 2.75) is 53.0 Å². The molecule has 0 aliphatic rings. The summed E-state index contributed by atoms with van der Waals surface area (Å²) in [5.41, 5.74) is 5.61. The summed E-state index contributed by atoms with van der Waals surface area (Å²) >= 11 is 0. The molecule has 0 aromatic heterocycles. The molecule has 0 saturated carbocycles. The van der Waals surface area contributed by atoms with Gasteiger partial charge in [-0.15, -0.1) is 0 Å². The van der Waals surface area contributed by atoms with Gasteiger partial charge in [-0.1, -0.05) is 27.2 Å². The summed E-state index contributed by atoms with van der Waals surface area (Å²) in [6, 6.07) is 0.267. The van der Waals surface area contributed by atoms with Crippen LogP contribution in [0.2, 0.25) is 0 Å². The Labute approximate surface area is 93.8 Å². The van der Waals surface area contributed by atoms with Crippen LogP contribution in [0.1, 0.15) is 47.0 Å². The molecule has 0 saturated heterocycles. The fourth-order valence-corrected chi connectivity index (χ4v) is 1.75. The highest BCUT2D eigenvalue weighted by molar-refractivity contribution is 5.79. The minimum Gasteiger partial charge on any atom is -0.353 e. The number of nitrogens with one attached hydrogen (secondary N) is 1. The number of nitrogens with two attached hydrogens (primary N) is 1. The maximum Gasteiger partial charge on any atom is 0.224 e. The number of hydrogen-bond donors (Lipinski definition) is 2. The van der Waals surface area contributed by atoms with Gasteiger partial charge in [0.2, 0.25) is 5.91 Å². The van der Waals surface area contributed by atoms with Crippen LogP contribution in [0.3, 0.4) is 0 Å². The number of rotatable bonds is 7. The first-order valence-corrected chi connectivity index (χ1v) is 6.01. The molecule has 0 aromatic carbocycles. The van der Waals surface area contributed by atoms with E-state index < -0.39 is 0 Å². The van der Waals surface area contributed by atoms with Crippen LogP contribution in [-0.4, -0.2) is 18.5 Å². The Bertz CT molecular complexity index is 180. The highest BCUT2D eigenvalue weighted by Crippen LogP contribution is 2.11. The second-order valence-electron chi connectivity index (χ2n) is 4.76. The number of carbonyl (C=O) groups excluding carboxylic acids is 1. The highest BCUT2D eigenvalue weighted by Gasteiger charge is 2.19. The minimum atomic E-state index is -0.0238. The van der Waals surface area contributed by atoms with Crippen molar-refractivity contribution < 1.29 is 4.79 Å². The van der Waals surface area contributed by atoms with Gasteiger partial charge in [0.1, 0.15) is 0 Å². The quantitative estimate of drug-likeness (QED) is 0.680. The molecule has 0 fully saturated rings. The predicted octanol–water partition coefficient (Wildman–Crippen LogP) is 1.91. The van der Waals surface area contributed by atoms with Gasteiger partial charge in [0, 0.05) is 12.6 Å². The van der Waals surface area contributed by atoms with Gasteiger partial charge in [-0.2, -0.15) is 0 Å². The lowest BCUT2D eigenvalue weighted by molar-refractivity contribution is -0.125. The average Bonchev–Trinajstić information content (AvgIpc) is 2.13. The van der Waals surface area contributed by atoms with Gasteiger partial charge in [-0.25, -0.2) is 0 Å². The van der Waals surface area contributed by atoms with Crippen molar-refractivity contribution in [3.05, 3.63) is 0 Å². The van der Waals surface area contributed by atoms with E-state index in [4.69, 9.17) is 5.73 Å². The molecule has 3 N–H and O–H groups in total. The van der Waals surface area contributed by atoms with Crippen LogP contribution in [0.4, 0.5) is 0 Å². The van der Waals surface area contributed by atoms with Gasteiger partial charge in [-0.3, -0.25) is 4.79 Å². The Morgan fingerprint density at radius 1 is 1.33 bits per heavy atom. The van der Waals surface area contributed by atoms with Gasteiger partial charge in [-0.05, 0) is 25.7 Å². The summed E-state index contributed by atoms with van der Waals surface area (Å²) in [7, 11) is 0. The Morgan fingerprint density at radius 2 is 1.93 bits per heavy atom.